The minimum atomic E-state index is -0.0452. The summed E-state index contributed by atoms with van der Waals surface area (Å²) < 4.78 is 10.7. The minimum Gasteiger partial charge on any atom is -0.469 e. The van der Waals surface area contributed by atoms with E-state index in [1.165, 1.54) is 0 Å². The summed E-state index contributed by atoms with van der Waals surface area (Å²) in [7, 11) is 0. The molecule has 0 aliphatic carbocycles. The van der Waals surface area contributed by atoms with Gasteiger partial charge in [-0.2, -0.15) is 0 Å². The number of ether oxygens (including phenoxy) is 1. The molecule has 1 aromatic heterocycles. The third-order valence-electron chi connectivity index (χ3n) is 3.31. The first kappa shape index (κ1) is 12.2. The summed E-state index contributed by atoms with van der Waals surface area (Å²) in [4.78, 5) is 11.4. The topological polar surface area (TPSA) is 39.4 Å². The van der Waals surface area contributed by atoms with Gasteiger partial charge >= 0.3 is 5.97 Å². The molecule has 3 heteroatoms. The Kier molecular flexibility index (Phi) is 4.24. The first-order valence-corrected chi connectivity index (χ1v) is 6.46. The summed E-state index contributed by atoms with van der Waals surface area (Å²) in [5.74, 6) is 1.55. The molecular formula is C14H20O3. The Morgan fingerprint density at radius 2 is 2.29 bits per heavy atom. The van der Waals surface area contributed by atoms with Crippen LogP contribution in [0.25, 0.3) is 0 Å². The Hall–Kier alpha value is -1.25. The van der Waals surface area contributed by atoms with Gasteiger partial charge in [-0.05, 0) is 44.2 Å². The van der Waals surface area contributed by atoms with Crippen molar-refractivity contribution >= 4 is 5.97 Å². The van der Waals surface area contributed by atoms with Crippen LogP contribution in [0, 0.1) is 5.92 Å². The molecule has 1 fully saturated rings. The Morgan fingerprint density at radius 1 is 1.41 bits per heavy atom. The Balaban J connectivity index is 1.93. The highest BCUT2D eigenvalue weighted by atomic mass is 16.5. The zero-order valence-electron chi connectivity index (χ0n) is 10.4. The van der Waals surface area contributed by atoms with E-state index in [2.05, 4.69) is 0 Å². The second kappa shape index (κ2) is 5.89. The van der Waals surface area contributed by atoms with E-state index in [-0.39, 0.29) is 12.1 Å². The molecule has 0 N–H and O–H groups in total. The van der Waals surface area contributed by atoms with Gasteiger partial charge in [0.1, 0.15) is 5.76 Å². The highest BCUT2D eigenvalue weighted by molar-refractivity contribution is 5.69. The maximum Gasteiger partial charge on any atom is 0.306 e. The van der Waals surface area contributed by atoms with Gasteiger partial charge in [0.05, 0.1) is 12.4 Å². The van der Waals surface area contributed by atoms with Gasteiger partial charge in [0.25, 0.3) is 0 Å². The lowest BCUT2D eigenvalue weighted by Crippen LogP contribution is -2.18. The summed E-state index contributed by atoms with van der Waals surface area (Å²) in [6.07, 6.45) is 7.41. The predicted octanol–water partition coefficient (Wildman–Crippen LogP) is 3.33. The van der Waals surface area contributed by atoms with Crippen molar-refractivity contribution in [3.63, 3.8) is 0 Å². The summed E-state index contributed by atoms with van der Waals surface area (Å²) in [5.41, 5.74) is 0. The maximum absolute atomic E-state index is 11.4. The fourth-order valence-electron chi connectivity index (χ4n) is 2.52. The molecule has 2 heterocycles. The van der Waals surface area contributed by atoms with Crippen LogP contribution in [0.1, 0.15) is 44.8 Å². The van der Waals surface area contributed by atoms with Crippen molar-refractivity contribution in [2.45, 2.75) is 51.6 Å². The fourth-order valence-corrected chi connectivity index (χ4v) is 2.52. The quantitative estimate of drug-likeness (QED) is 0.739. The molecule has 1 aliphatic heterocycles. The molecule has 2 atom stereocenters. The van der Waals surface area contributed by atoms with E-state index in [0.717, 1.165) is 37.9 Å². The van der Waals surface area contributed by atoms with Crippen LogP contribution in [-0.2, 0) is 16.0 Å². The summed E-state index contributed by atoms with van der Waals surface area (Å²) in [5, 5.41) is 0. The van der Waals surface area contributed by atoms with Crippen LogP contribution in [-0.4, -0.2) is 12.1 Å². The SMILES string of the molecule is CC1CC(Cc2ccco2)CCCCC(=O)O1. The smallest absolute Gasteiger partial charge is 0.306 e. The van der Waals surface area contributed by atoms with Crippen molar-refractivity contribution in [3.05, 3.63) is 24.2 Å². The molecule has 1 aromatic rings. The number of furan rings is 1. The van der Waals surface area contributed by atoms with Crippen LogP contribution in [0.5, 0.6) is 0 Å². The number of hydrogen-bond acceptors (Lipinski definition) is 3. The molecule has 2 rings (SSSR count). The molecule has 94 valence electrons. The van der Waals surface area contributed by atoms with Crippen molar-refractivity contribution in [3.8, 4) is 0 Å². The fraction of sp³-hybridized carbons (Fsp3) is 0.643. The molecule has 1 saturated heterocycles. The minimum absolute atomic E-state index is 0.0283. The number of cyclic esters (lactones) is 1. The standard InChI is InChI=1S/C14H20O3/c1-11-9-12(10-13-6-4-8-16-13)5-2-3-7-14(15)17-11/h4,6,8,11-12H,2-3,5,7,9-10H2,1H3. The van der Waals surface area contributed by atoms with Crippen LogP contribution in [0.4, 0.5) is 0 Å². The zero-order chi connectivity index (χ0) is 12.1. The number of hydrogen-bond donors (Lipinski definition) is 0. The lowest BCUT2D eigenvalue weighted by molar-refractivity contribution is -0.148. The van der Waals surface area contributed by atoms with Crippen LogP contribution >= 0.6 is 0 Å². The van der Waals surface area contributed by atoms with Crippen molar-refractivity contribution in [2.24, 2.45) is 5.92 Å². The van der Waals surface area contributed by atoms with Gasteiger partial charge < -0.3 is 9.15 Å². The molecule has 0 bridgehead atoms. The number of esters is 1. The van der Waals surface area contributed by atoms with E-state index in [0.29, 0.717) is 12.3 Å². The van der Waals surface area contributed by atoms with Crippen molar-refractivity contribution in [1.29, 1.82) is 0 Å². The van der Waals surface area contributed by atoms with Gasteiger partial charge in [0.15, 0.2) is 0 Å². The molecule has 3 nitrogen and oxygen atoms in total. The molecule has 2 unspecified atom stereocenters. The molecule has 0 saturated carbocycles. The second-order valence-electron chi connectivity index (χ2n) is 4.93. The van der Waals surface area contributed by atoms with Gasteiger partial charge in [-0.15, -0.1) is 0 Å². The monoisotopic (exact) mass is 236 g/mol. The van der Waals surface area contributed by atoms with E-state index < -0.39 is 0 Å². The molecular weight excluding hydrogens is 216 g/mol. The van der Waals surface area contributed by atoms with Crippen molar-refractivity contribution < 1.29 is 13.9 Å². The van der Waals surface area contributed by atoms with E-state index in [1.54, 1.807) is 6.26 Å². The average Bonchev–Trinajstić information content (AvgIpc) is 2.77. The molecule has 0 spiro atoms. The summed E-state index contributed by atoms with van der Waals surface area (Å²) in [6.45, 7) is 1.98. The van der Waals surface area contributed by atoms with Crippen LogP contribution < -0.4 is 0 Å². The third-order valence-corrected chi connectivity index (χ3v) is 3.31. The van der Waals surface area contributed by atoms with E-state index >= 15 is 0 Å². The summed E-state index contributed by atoms with van der Waals surface area (Å²) >= 11 is 0. The van der Waals surface area contributed by atoms with Crippen molar-refractivity contribution in [1.82, 2.24) is 0 Å². The number of carbonyl (C=O) groups excluding carboxylic acids is 1. The first-order valence-electron chi connectivity index (χ1n) is 6.46. The lowest BCUT2D eigenvalue weighted by Gasteiger charge is -2.18. The third kappa shape index (κ3) is 3.91. The normalized spacial score (nSPS) is 26.8. The van der Waals surface area contributed by atoms with Gasteiger partial charge in [0.2, 0.25) is 0 Å². The molecule has 0 amide bonds. The van der Waals surface area contributed by atoms with E-state index in [4.69, 9.17) is 9.15 Å². The Morgan fingerprint density at radius 3 is 3.06 bits per heavy atom. The highest BCUT2D eigenvalue weighted by Gasteiger charge is 2.20. The Bertz CT molecular complexity index is 342. The largest absolute Gasteiger partial charge is 0.469 e. The average molecular weight is 236 g/mol. The molecule has 0 radical (unpaired) electrons. The van der Waals surface area contributed by atoms with Gasteiger partial charge in [-0.1, -0.05) is 6.42 Å². The summed E-state index contributed by atoms with van der Waals surface area (Å²) in [6, 6.07) is 3.94. The maximum atomic E-state index is 11.4. The molecule has 1 aliphatic rings. The van der Waals surface area contributed by atoms with Crippen LogP contribution in [0.15, 0.2) is 22.8 Å². The van der Waals surface area contributed by atoms with E-state index in [1.807, 2.05) is 19.1 Å². The lowest BCUT2D eigenvalue weighted by atomic mass is 9.92. The van der Waals surface area contributed by atoms with Gasteiger partial charge in [-0.25, -0.2) is 0 Å². The second-order valence-corrected chi connectivity index (χ2v) is 4.93. The van der Waals surface area contributed by atoms with Crippen LogP contribution in [0.3, 0.4) is 0 Å². The van der Waals surface area contributed by atoms with Crippen LogP contribution in [0.2, 0.25) is 0 Å². The predicted molar refractivity (Wildman–Crippen MR) is 64.5 cm³/mol. The van der Waals surface area contributed by atoms with Gasteiger partial charge in [0, 0.05) is 12.8 Å². The van der Waals surface area contributed by atoms with Gasteiger partial charge in [-0.3, -0.25) is 4.79 Å². The first-order chi connectivity index (χ1) is 8.24. The number of rotatable bonds is 2. The zero-order valence-corrected chi connectivity index (χ0v) is 10.4. The Labute approximate surface area is 102 Å². The van der Waals surface area contributed by atoms with E-state index in [9.17, 15) is 4.79 Å². The number of carbonyl (C=O) groups is 1. The molecule has 17 heavy (non-hydrogen) atoms. The highest BCUT2D eigenvalue weighted by Crippen LogP contribution is 2.24. The molecule has 0 aromatic carbocycles. The van der Waals surface area contributed by atoms with Crippen molar-refractivity contribution in [2.75, 3.05) is 0 Å².